The van der Waals surface area contributed by atoms with Crippen LogP contribution in [-0.4, -0.2) is 35.5 Å². The zero-order valence-electron chi connectivity index (χ0n) is 12.9. The molecule has 0 saturated carbocycles. The minimum absolute atomic E-state index is 0.142. The highest BCUT2D eigenvalue weighted by atomic mass is 32.1. The van der Waals surface area contributed by atoms with Gasteiger partial charge in [0.15, 0.2) is 10.8 Å². The number of furan rings is 1. The summed E-state index contributed by atoms with van der Waals surface area (Å²) in [6, 6.07) is 3.74. The molecule has 1 aliphatic rings. The van der Waals surface area contributed by atoms with Crippen LogP contribution in [-0.2, 0) is 16.1 Å². The van der Waals surface area contributed by atoms with Crippen LogP contribution in [0.25, 0.3) is 10.8 Å². The molecule has 0 aromatic carbocycles. The lowest BCUT2D eigenvalue weighted by molar-refractivity contribution is -0.148. The maximum atomic E-state index is 11.9. The summed E-state index contributed by atoms with van der Waals surface area (Å²) in [5, 5.41) is 2.92. The Morgan fingerprint density at radius 3 is 3.09 bits per heavy atom. The first-order valence-electron chi connectivity index (χ1n) is 7.50. The van der Waals surface area contributed by atoms with Crippen molar-refractivity contribution in [2.75, 3.05) is 13.7 Å². The predicted molar refractivity (Wildman–Crippen MR) is 84.6 cm³/mol. The van der Waals surface area contributed by atoms with E-state index in [2.05, 4.69) is 9.88 Å². The molecule has 0 bridgehead atoms. The van der Waals surface area contributed by atoms with E-state index in [1.807, 2.05) is 24.4 Å². The number of piperidine rings is 1. The van der Waals surface area contributed by atoms with E-state index >= 15 is 0 Å². The monoisotopic (exact) mass is 320 g/mol. The van der Waals surface area contributed by atoms with Crippen molar-refractivity contribution in [2.24, 2.45) is 0 Å². The lowest BCUT2D eigenvalue weighted by Crippen LogP contribution is -2.44. The van der Waals surface area contributed by atoms with E-state index in [0.717, 1.165) is 48.0 Å². The first kappa shape index (κ1) is 15.2. The number of esters is 1. The minimum Gasteiger partial charge on any atom is -0.468 e. The number of ether oxygens (including phenoxy) is 1. The molecule has 1 fully saturated rings. The zero-order chi connectivity index (χ0) is 15.5. The summed E-state index contributed by atoms with van der Waals surface area (Å²) in [5.74, 6) is 1.54. The fraction of sp³-hybridized carbons (Fsp3) is 0.500. The quantitative estimate of drug-likeness (QED) is 0.810. The molecule has 6 heteroatoms. The van der Waals surface area contributed by atoms with E-state index in [1.165, 1.54) is 7.11 Å². The molecule has 5 nitrogen and oxygen atoms in total. The van der Waals surface area contributed by atoms with Crippen molar-refractivity contribution in [2.45, 2.75) is 38.8 Å². The summed E-state index contributed by atoms with van der Waals surface area (Å²) < 4.78 is 10.5. The molecule has 0 N–H and O–H groups in total. The molecule has 0 spiro atoms. The Morgan fingerprint density at radius 2 is 2.36 bits per heavy atom. The third-order valence-electron chi connectivity index (χ3n) is 3.95. The summed E-state index contributed by atoms with van der Waals surface area (Å²) in [6.07, 6.45) is 3.05. The van der Waals surface area contributed by atoms with Crippen LogP contribution in [0.15, 0.2) is 21.9 Å². The normalized spacial score (nSPS) is 19.3. The van der Waals surface area contributed by atoms with Crippen LogP contribution in [0, 0.1) is 6.92 Å². The molecule has 3 rings (SSSR count). The third-order valence-corrected chi connectivity index (χ3v) is 4.86. The minimum atomic E-state index is -0.144. The molecule has 2 aromatic heterocycles. The van der Waals surface area contributed by atoms with Gasteiger partial charge in [-0.25, -0.2) is 4.98 Å². The summed E-state index contributed by atoms with van der Waals surface area (Å²) in [5.41, 5.74) is 0.977. The average Bonchev–Trinajstić information content (AvgIpc) is 3.16. The summed E-state index contributed by atoms with van der Waals surface area (Å²) >= 11 is 1.57. The maximum Gasteiger partial charge on any atom is 0.323 e. The third kappa shape index (κ3) is 3.23. The second-order valence-electron chi connectivity index (χ2n) is 5.56. The van der Waals surface area contributed by atoms with Gasteiger partial charge < -0.3 is 9.15 Å². The van der Waals surface area contributed by atoms with Gasteiger partial charge in [0.25, 0.3) is 0 Å². The largest absolute Gasteiger partial charge is 0.468 e. The number of carbonyl (C=O) groups is 1. The Kier molecular flexibility index (Phi) is 4.59. The number of aromatic nitrogens is 1. The number of methoxy groups -OCH3 is 1. The number of nitrogens with zero attached hydrogens (tertiary/aromatic N) is 2. The van der Waals surface area contributed by atoms with Crippen molar-refractivity contribution >= 4 is 17.3 Å². The number of likely N-dealkylation sites (tertiary alicyclic amines) is 1. The highest BCUT2D eigenvalue weighted by Crippen LogP contribution is 2.27. The van der Waals surface area contributed by atoms with Crippen molar-refractivity contribution in [3.05, 3.63) is 29.0 Å². The van der Waals surface area contributed by atoms with Crippen molar-refractivity contribution in [1.82, 2.24) is 9.88 Å². The van der Waals surface area contributed by atoms with E-state index in [0.29, 0.717) is 6.54 Å². The molecular weight excluding hydrogens is 300 g/mol. The highest BCUT2D eigenvalue weighted by Gasteiger charge is 2.29. The van der Waals surface area contributed by atoms with Crippen molar-refractivity contribution in [3.8, 4) is 10.8 Å². The molecule has 1 saturated heterocycles. The van der Waals surface area contributed by atoms with E-state index in [9.17, 15) is 4.79 Å². The maximum absolute atomic E-state index is 11.9. The van der Waals surface area contributed by atoms with Crippen LogP contribution >= 0.6 is 11.3 Å². The molecule has 0 unspecified atom stereocenters. The van der Waals surface area contributed by atoms with E-state index in [4.69, 9.17) is 9.15 Å². The van der Waals surface area contributed by atoms with Crippen molar-refractivity contribution < 1.29 is 13.9 Å². The number of aryl methyl sites for hydroxylation is 1. The summed E-state index contributed by atoms with van der Waals surface area (Å²) in [6.45, 7) is 3.51. The lowest BCUT2D eigenvalue weighted by atomic mass is 10.0. The lowest BCUT2D eigenvalue weighted by Gasteiger charge is -2.33. The van der Waals surface area contributed by atoms with Gasteiger partial charge in [-0.2, -0.15) is 0 Å². The molecule has 0 aliphatic carbocycles. The van der Waals surface area contributed by atoms with Crippen LogP contribution in [0.4, 0.5) is 0 Å². The Hall–Kier alpha value is -1.66. The fourth-order valence-corrected chi connectivity index (χ4v) is 3.60. The SMILES string of the molecule is COC(=O)[C@@H]1CCCCN1Cc1csc(-c2ccc(C)o2)n1. The van der Waals surface area contributed by atoms with Gasteiger partial charge in [-0.15, -0.1) is 11.3 Å². The van der Waals surface area contributed by atoms with Gasteiger partial charge in [-0.3, -0.25) is 9.69 Å². The Labute approximate surface area is 133 Å². The number of thiazole rings is 1. The molecule has 118 valence electrons. The number of hydrogen-bond acceptors (Lipinski definition) is 6. The van der Waals surface area contributed by atoms with Gasteiger partial charge in [-0.05, 0) is 38.4 Å². The molecular formula is C16H20N2O3S. The summed E-state index contributed by atoms with van der Waals surface area (Å²) in [4.78, 5) is 18.7. The molecule has 0 amide bonds. The van der Waals surface area contributed by atoms with E-state index in [1.54, 1.807) is 11.3 Å². The number of carbonyl (C=O) groups excluding carboxylic acids is 1. The van der Waals surface area contributed by atoms with Crippen LogP contribution < -0.4 is 0 Å². The van der Waals surface area contributed by atoms with Crippen molar-refractivity contribution in [1.29, 1.82) is 0 Å². The fourth-order valence-electron chi connectivity index (χ4n) is 2.83. The Bertz CT molecular complexity index is 649. The average molecular weight is 320 g/mol. The van der Waals surface area contributed by atoms with Gasteiger partial charge in [0.05, 0.1) is 12.8 Å². The zero-order valence-corrected chi connectivity index (χ0v) is 13.7. The topological polar surface area (TPSA) is 55.6 Å². The molecule has 0 radical (unpaired) electrons. The van der Waals surface area contributed by atoms with Crippen molar-refractivity contribution in [3.63, 3.8) is 0 Å². The van der Waals surface area contributed by atoms with Gasteiger partial charge in [0.1, 0.15) is 11.8 Å². The first-order valence-corrected chi connectivity index (χ1v) is 8.38. The van der Waals surface area contributed by atoms with Crippen LogP contribution in [0.3, 0.4) is 0 Å². The second kappa shape index (κ2) is 6.62. The van der Waals surface area contributed by atoms with Gasteiger partial charge in [-0.1, -0.05) is 6.42 Å². The first-order chi connectivity index (χ1) is 10.7. The van der Waals surface area contributed by atoms with Crippen LogP contribution in [0.5, 0.6) is 0 Å². The molecule has 1 atom stereocenters. The second-order valence-corrected chi connectivity index (χ2v) is 6.42. The van der Waals surface area contributed by atoms with Crippen LogP contribution in [0.2, 0.25) is 0 Å². The standard InChI is InChI=1S/C16H20N2O3S/c1-11-6-7-14(21-11)15-17-12(10-22-15)9-18-8-4-3-5-13(18)16(19)20-2/h6-7,10,13H,3-5,8-9H2,1-2H3/t13-/m0/s1. The Balaban J connectivity index is 1.72. The summed E-state index contributed by atoms with van der Waals surface area (Å²) in [7, 11) is 1.45. The van der Waals surface area contributed by atoms with Gasteiger partial charge >= 0.3 is 5.97 Å². The smallest absolute Gasteiger partial charge is 0.323 e. The molecule has 3 heterocycles. The molecule has 2 aromatic rings. The predicted octanol–water partition coefficient (Wildman–Crippen LogP) is 3.24. The van der Waals surface area contributed by atoms with E-state index in [-0.39, 0.29) is 12.0 Å². The van der Waals surface area contributed by atoms with Gasteiger partial charge in [0.2, 0.25) is 0 Å². The number of hydrogen-bond donors (Lipinski definition) is 0. The van der Waals surface area contributed by atoms with Gasteiger partial charge in [0, 0.05) is 11.9 Å². The number of rotatable bonds is 4. The molecule has 22 heavy (non-hydrogen) atoms. The van der Waals surface area contributed by atoms with Crippen LogP contribution in [0.1, 0.15) is 30.7 Å². The molecule has 1 aliphatic heterocycles. The van der Waals surface area contributed by atoms with E-state index < -0.39 is 0 Å². The highest BCUT2D eigenvalue weighted by molar-refractivity contribution is 7.13. The Morgan fingerprint density at radius 1 is 1.50 bits per heavy atom.